The van der Waals surface area contributed by atoms with E-state index >= 15 is 0 Å². The van der Waals surface area contributed by atoms with Crippen LogP contribution in [0, 0.1) is 0 Å². The number of ether oxygens (including phenoxy) is 1. The van der Waals surface area contributed by atoms with Gasteiger partial charge in [0, 0.05) is 12.3 Å². The molecule has 120 valence electrons. The van der Waals surface area contributed by atoms with Gasteiger partial charge in [0.15, 0.2) is 0 Å². The lowest BCUT2D eigenvalue weighted by Gasteiger charge is -2.17. The maximum Gasteiger partial charge on any atom is 0.396 e. The van der Waals surface area contributed by atoms with Crippen molar-refractivity contribution in [3.05, 3.63) is 71.8 Å². The van der Waals surface area contributed by atoms with E-state index in [1.165, 1.54) is 18.2 Å². The molecule has 1 amide bonds. The van der Waals surface area contributed by atoms with Crippen molar-refractivity contribution >= 4 is 23.6 Å². The summed E-state index contributed by atoms with van der Waals surface area (Å²) >= 11 is 1.72. The molecule has 0 aliphatic carbocycles. The molecule has 4 nitrogen and oxygen atoms in total. The third-order valence-corrected chi connectivity index (χ3v) is 4.57. The summed E-state index contributed by atoms with van der Waals surface area (Å²) in [6.07, 6.45) is 0. The van der Waals surface area contributed by atoms with Crippen molar-refractivity contribution in [1.29, 1.82) is 0 Å². The SMILES string of the molecule is COC(=O)C(=O)NCCSC(c1ccccc1)c1ccccc1. The van der Waals surface area contributed by atoms with Crippen molar-refractivity contribution in [1.82, 2.24) is 5.32 Å². The minimum atomic E-state index is -0.863. The van der Waals surface area contributed by atoms with Crippen LogP contribution in [0.15, 0.2) is 60.7 Å². The fourth-order valence-corrected chi connectivity index (χ4v) is 3.30. The van der Waals surface area contributed by atoms with E-state index in [9.17, 15) is 9.59 Å². The molecule has 1 N–H and O–H groups in total. The highest BCUT2D eigenvalue weighted by atomic mass is 32.2. The number of hydrogen-bond acceptors (Lipinski definition) is 4. The third kappa shape index (κ3) is 5.14. The molecule has 0 atom stereocenters. The Hall–Kier alpha value is -2.27. The summed E-state index contributed by atoms with van der Waals surface area (Å²) in [5, 5.41) is 2.74. The van der Waals surface area contributed by atoms with Gasteiger partial charge in [-0.2, -0.15) is 0 Å². The molecule has 0 heterocycles. The Morgan fingerprint density at radius 3 is 2.00 bits per heavy atom. The van der Waals surface area contributed by atoms with E-state index in [0.29, 0.717) is 12.3 Å². The summed E-state index contributed by atoms with van der Waals surface area (Å²) in [5.74, 6) is -0.876. The second-order valence-corrected chi connectivity index (χ2v) is 6.03. The standard InChI is InChI=1S/C18H19NO3S/c1-22-18(21)17(20)19-12-13-23-16(14-8-4-2-5-9-14)15-10-6-3-7-11-15/h2-11,16H,12-13H2,1H3,(H,19,20). The fraction of sp³-hybridized carbons (Fsp3) is 0.222. The molecule has 23 heavy (non-hydrogen) atoms. The Labute approximate surface area is 140 Å². The van der Waals surface area contributed by atoms with Crippen molar-refractivity contribution < 1.29 is 14.3 Å². The van der Waals surface area contributed by atoms with Crippen LogP contribution in [-0.4, -0.2) is 31.3 Å². The average Bonchev–Trinajstić information content (AvgIpc) is 2.62. The number of carbonyl (C=O) groups excluding carboxylic acids is 2. The summed E-state index contributed by atoms with van der Waals surface area (Å²) in [4.78, 5) is 22.4. The van der Waals surface area contributed by atoms with Gasteiger partial charge in [-0.15, -0.1) is 11.8 Å². The zero-order chi connectivity index (χ0) is 16.5. The first-order chi connectivity index (χ1) is 11.2. The van der Waals surface area contributed by atoms with Gasteiger partial charge < -0.3 is 10.1 Å². The normalized spacial score (nSPS) is 10.3. The molecule has 0 bridgehead atoms. The lowest BCUT2D eigenvalue weighted by atomic mass is 10.0. The number of carbonyl (C=O) groups is 2. The van der Waals surface area contributed by atoms with E-state index in [1.54, 1.807) is 11.8 Å². The number of esters is 1. The van der Waals surface area contributed by atoms with Crippen LogP contribution in [0.2, 0.25) is 0 Å². The van der Waals surface area contributed by atoms with Crippen LogP contribution in [0.4, 0.5) is 0 Å². The van der Waals surface area contributed by atoms with Crippen LogP contribution < -0.4 is 5.32 Å². The molecule has 0 radical (unpaired) electrons. The number of methoxy groups -OCH3 is 1. The zero-order valence-electron chi connectivity index (χ0n) is 12.9. The van der Waals surface area contributed by atoms with Gasteiger partial charge in [0.2, 0.25) is 0 Å². The van der Waals surface area contributed by atoms with E-state index in [4.69, 9.17) is 0 Å². The lowest BCUT2D eigenvalue weighted by molar-refractivity contribution is -0.152. The van der Waals surface area contributed by atoms with Crippen LogP contribution in [0.5, 0.6) is 0 Å². The van der Waals surface area contributed by atoms with Gasteiger partial charge in [-0.05, 0) is 11.1 Å². The summed E-state index contributed by atoms with van der Waals surface area (Å²) in [5.41, 5.74) is 2.42. The molecule has 0 fully saturated rings. The second-order valence-electron chi connectivity index (χ2n) is 4.82. The quantitative estimate of drug-likeness (QED) is 0.503. The molecule has 2 aromatic carbocycles. The van der Waals surface area contributed by atoms with Gasteiger partial charge >= 0.3 is 11.9 Å². The van der Waals surface area contributed by atoms with E-state index in [2.05, 4.69) is 34.3 Å². The van der Waals surface area contributed by atoms with Gasteiger partial charge in [0.25, 0.3) is 0 Å². The van der Waals surface area contributed by atoms with Crippen LogP contribution in [0.25, 0.3) is 0 Å². The molecule has 0 spiro atoms. The maximum absolute atomic E-state index is 11.4. The predicted octanol–water partition coefficient (Wildman–Crippen LogP) is 2.80. The molecular weight excluding hydrogens is 310 g/mol. The smallest absolute Gasteiger partial charge is 0.396 e. The van der Waals surface area contributed by atoms with Gasteiger partial charge in [-0.3, -0.25) is 4.79 Å². The number of thioether (sulfide) groups is 1. The second kappa shape index (κ2) is 9.00. The first-order valence-electron chi connectivity index (χ1n) is 7.30. The number of amides is 1. The minimum absolute atomic E-state index is 0.187. The van der Waals surface area contributed by atoms with Crippen molar-refractivity contribution in [2.24, 2.45) is 0 Å². The maximum atomic E-state index is 11.4. The van der Waals surface area contributed by atoms with E-state index in [1.807, 2.05) is 36.4 Å². The Balaban J connectivity index is 1.97. The monoisotopic (exact) mass is 329 g/mol. The Bertz CT molecular complexity index is 592. The third-order valence-electron chi connectivity index (χ3n) is 3.25. The highest BCUT2D eigenvalue weighted by Crippen LogP contribution is 2.34. The predicted molar refractivity (Wildman–Crippen MR) is 92.2 cm³/mol. The molecule has 2 rings (SSSR count). The topological polar surface area (TPSA) is 55.4 Å². The Kier molecular flexibility index (Phi) is 6.69. The summed E-state index contributed by atoms with van der Waals surface area (Å²) < 4.78 is 4.37. The molecule has 0 aromatic heterocycles. The summed E-state index contributed by atoms with van der Waals surface area (Å²) in [7, 11) is 1.19. The highest BCUT2D eigenvalue weighted by Gasteiger charge is 2.15. The van der Waals surface area contributed by atoms with E-state index < -0.39 is 11.9 Å². The number of hydrogen-bond donors (Lipinski definition) is 1. The molecule has 0 saturated carbocycles. The molecule has 5 heteroatoms. The zero-order valence-corrected chi connectivity index (χ0v) is 13.7. The minimum Gasteiger partial charge on any atom is -0.462 e. The van der Waals surface area contributed by atoms with Crippen LogP contribution in [0.1, 0.15) is 16.4 Å². The van der Waals surface area contributed by atoms with Crippen molar-refractivity contribution in [3.63, 3.8) is 0 Å². The van der Waals surface area contributed by atoms with Crippen LogP contribution in [0.3, 0.4) is 0 Å². The largest absolute Gasteiger partial charge is 0.462 e. The Morgan fingerprint density at radius 1 is 1.00 bits per heavy atom. The van der Waals surface area contributed by atoms with Gasteiger partial charge in [-0.25, -0.2) is 4.79 Å². The van der Waals surface area contributed by atoms with Gasteiger partial charge in [0.1, 0.15) is 0 Å². The Morgan fingerprint density at radius 2 is 1.52 bits per heavy atom. The van der Waals surface area contributed by atoms with E-state index in [-0.39, 0.29) is 5.25 Å². The first kappa shape index (κ1) is 17.1. The molecule has 0 aliphatic heterocycles. The number of nitrogens with one attached hydrogen (secondary N) is 1. The van der Waals surface area contributed by atoms with Crippen molar-refractivity contribution in [2.45, 2.75) is 5.25 Å². The number of benzene rings is 2. The van der Waals surface area contributed by atoms with Gasteiger partial charge in [-0.1, -0.05) is 60.7 Å². The lowest BCUT2D eigenvalue weighted by Crippen LogP contribution is -2.33. The van der Waals surface area contributed by atoms with Crippen molar-refractivity contribution in [3.8, 4) is 0 Å². The van der Waals surface area contributed by atoms with Crippen LogP contribution in [-0.2, 0) is 14.3 Å². The molecule has 0 aliphatic rings. The number of rotatable bonds is 6. The summed E-state index contributed by atoms with van der Waals surface area (Å²) in [6.45, 7) is 0.411. The van der Waals surface area contributed by atoms with Crippen molar-refractivity contribution in [2.75, 3.05) is 19.4 Å². The van der Waals surface area contributed by atoms with Gasteiger partial charge in [0.05, 0.1) is 12.4 Å². The summed E-state index contributed by atoms with van der Waals surface area (Å²) in [6, 6.07) is 20.4. The molecule has 0 unspecified atom stereocenters. The first-order valence-corrected chi connectivity index (χ1v) is 8.35. The highest BCUT2D eigenvalue weighted by molar-refractivity contribution is 7.99. The molecule has 0 saturated heterocycles. The van der Waals surface area contributed by atoms with Crippen LogP contribution >= 0.6 is 11.8 Å². The molecule has 2 aromatic rings. The molecular formula is C18H19NO3S. The van der Waals surface area contributed by atoms with E-state index in [0.717, 1.165) is 0 Å². The fourth-order valence-electron chi connectivity index (χ4n) is 2.15. The average molecular weight is 329 g/mol.